The van der Waals surface area contributed by atoms with Gasteiger partial charge < -0.3 is 56.8 Å². The molecule has 0 saturated carbocycles. The fourth-order valence-corrected chi connectivity index (χ4v) is 11.3. The first-order valence-corrected chi connectivity index (χ1v) is 34.6. The third-order valence-corrected chi connectivity index (χ3v) is 17.1. The molecule has 0 radical (unpaired) electrons. The van der Waals surface area contributed by atoms with Crippen LogP contribution in [0.25, 0.3) is 0 Å². The van der Waals surface area contributed by atoms with Crippen LogP contribution in [0.15, 0.2) is 133 Å². The molecule has 0 aromatic heterocycles. The summed E-state index contributed by atoms with van der Waals surface area (Å²) < 4.78 is 65.2. The number of carbonyl (C=O) groups excluding carboxylic acids is 6. The van der Waals surface area contributed by atoms with Crippen LogP contribution < -0.4 is 0 Å². The summed E-state index contributed by atoms with van der Waals surface area (Å²) in [7, 11) is 9.01. The van der Waals surface area contributed by atoms with E-state index in [1.807, 2.05) is 0 Å². The molecule has 0 amide bonds. The quantitative estimate of drug-likeness (QED) is 0.0229. The second kappa shape index (κ2) is 42.7. The minimum absolute atomic E-state index is 0.0131. The summed E-state index contributed by atoms with van der Waals surface area (Å²) in [4.78, 5) is 79.5. The number of rotatable bonds is 20. The second-order valence-corrected chi connectivity index (χ2v) is 24.9. The highest BCUT2D eigenvalue weighted by Gasteiger charge is 2.15. The molecule has 0 fully saturated rings. The largest absolute Gasteiger partial charge is 0.461 e. The number of cyclic esters (lactones) is 4. The third kappa shape index (κ3) is 27.6. The zero-order valence-corrected chi connectivity index (χ0v) is 55.1. The molecule has 6 aromatic carbocycles. The Kier molecular flexibility index (Phi) is 33.1. The van der Waals surface area contributed by atoms with Crippen molar-refractivity contribution in [2.24, 2.45) is 0 Å². The van der Waals surface area contributed by atoms with Crippen molar-refractivity contribution in [3.8, 4) is 47.4 Å². The molecule has 1 aliphatic heterocycles. The number of esters is 6. The van der Waals surface area contributed by atoms with Crippen LogP contribution in [0.5, 0.6) is 0 Å². The van der Waals surface area contributed by atoms with Gasteiger partial charge in [0.2, 0.25) is 0 Å². The molecule has 22 heteroatoms. The predicted octanol–water partition coefficient (Wildman–Crippen LogP) is 10.1. The Morgan fingerprint density at radius 3 is 0.840 bits per heavy atom. The molecule has 488 valence electrons. The Bertz CT molecular complexity index is 3340. The highest BCUT2D eigenvalue weighted by Crippen LogP contribution is 2.23. The van der Waals surface area contributed by atoms with Crippen LogP contribution in [-0.2, 0) is 56.8 Å². The van der Waals surface area contributed by atoms with Crippen molar-refractivity contribution < 1.29 is 85.6 Å². The summed E-state index contributed by atoms with van der Waals surface area (Å²) in [5.74, 6) is 23.2. The summed E-state index contributed by atoms with van der Waals surface area (Å²) >= 11 is 0. The van der Waals surface area contributed by atoms with Crippen molar-refractivity contribution >= 4 is 79.0 Å². The highest BCUT2D eigenvalue weighted by atomic mass is 33.1. The van der Waals surface area contributed by atoms with E-state index >= 15 is 0 Å². The molecule has 6 aromatic rings. The standard InChI is InChI=1S/C72H68O18S4/c1-79-23-25-81-27-29-83-31-33-85-71(77)65-49-57-19-15-53-7-3-11-61(45-53)67(73)87-35-39-91-93-41-37-89-69(75)63-13-5-9-55(47-63)17-21-59-44-60(52-66(51-59)72(78)86-34-32-84-30-28-82-26-24-80-2)22-18-56-10-6-14-64(48-56)70(76)90-38-42-94-92-40-36-88-68(74)62-12-4-8-54(46-62)16-20-58(43-57)50-65/h3-14,43-52H,23-42H2,1-2H3. The number of fused-ring (bicyclic) bond motifs is 12. The van der Waals surface area contributed by atoms with Gasteiger partial charge in [-0.2, -0.15) is 0 Å². The number of ether oxygens (including phenoxy) is 12. The lowest BCUT2D eigenvalue weighted by molar-refractivity contribution is 0.00552. The van der Waals surface area contributed by atoms with Gasteiger partial charge in [0.1, 0.15) is 39.6 Å². The van der Waals surface area contributed by atoms with E-state index in [1.165, 1.54) is 43.2 Å². The van der Waals surface area contributed by atoms with E-state index < -0.39 is 35.8 Å². The van der Waals surface area contributed by atoms with Crippen molar-refractivity contribution in [3.63, 3.8) is 0 Å². The van der Waals surface area contributed by atoms with E-state index in [1.54, 1.807) is 148 Å². The van der Waals surface area contributed by atoms with Crippen LogP contribution in [0.1, 0.15) is 107 Å². The average Bonchev–Trinajstić information content (AvgIpc) is 0.950. The first-order valence-electron chi connectivity index (χ1n) is 29.6. The van der Waals surface area contributed by atoms with Crippen LogP contribution >= 0.6 is 43.2 Å². The number of methoxy groups -OCH3 is 2. The molecular weight excluding hydrogens is 1280 g/mol. The lowest BCUT2D eigenvalue weighted by Crippen LogP contribution is -2.14. The van der Waals surface area contributed by atoms with E-state index in [4.69, 9.17) is 56.8 Å². The summed E-state index contributed by atoms with van der Waals surface area (Å²) in [5, 5.41) is 0. The molecule has 12 bridgehead atoms. The molecule has 0 spiro atoms. The molecule has 7 rings (SSSR count). The second-order valence-electron chi connectivity index (χ2n) is 19.5. The van der Waals surface area contributed by atoms with Crippen molar-refractivity contribution in [2.75, 3.05) is 143 Å². The van der Waals surface area contributed by atoms with Gasteiger partial charge in [-0.05, 0) is 109 Å². The van der Waals surface area contributed by atoms with Gasteiger partial charge in [0.15, 0.2) is 0 Å². The maximum atomic E-state index is 13.4. The topological polar surface area (TPSA) is 213 Å². The SMILES string of the molecule is COCCOCCOCCOC(=O)c1cc2cc(c1)C#Cc1cccc(c1)C(=O)OCCSSCCOC(=O)c1cccc(c1)C#Cc1cc(cc(C(=O)OCCOCCOCCOC)c1)C#Cc1cccc(c1)C(=O)OCCSSCCOC(=O)c1cccc(c1)C#C2. The van der Waals surface area contributed by atoms with E-state index in [9.17, 15) is 28.8 Å². The predicted molar refractivity (Wildman–Crippen MR) is 361 cm³/mol. The van der Waals surface area contributed by atoms with Crippen LogP contribution in [0, 0.1) is 47.4 Å². The summed E-state index contributed by atoms with van der Waals surface area (Å²) in [5.41, 5.74) is 5.39. The summed E-state index contributed by atoms with van der Waals surface area (Å²) in [6, 6.07) is 36.5. The molecule has 0 N–H and O–H groups in total. The van der Waals surface area contributed by atoms with Gasteiger partial charge in [-0.25, -0.2) is 28.8 Å². The first-order chi connectivity index (χ1) is 46.0. The fraction of sp³-hybridized carbons (Fsp3) is 0.306. The van der Waals surface area contributed by atoms with Crippen LogP contribution in [-0.4, -0.2) is 179 Å². The number of hydrogen-bond acceptors (Lipinski definition) is 22. The van der Waals surface area contributed by atoms with Crippen molar-refractivity contribution in [1.82, 2.24) is 0 Å². The van der Waals surface area contributed by atoms with Crippen LogP contribution in [0.3, 0.4) is 0 Å². The van der Waals surface area contributed by atoms with Gasteiger partial charge >= 0.3 is 35.8 Å². The van der Waals surface area contributed by atoms with Gasteiger partial charge in [0.25, 0.3) is 0 Å². The first kappa shape index (κ1) is 73.0. The van der Waals surface area contributed by atoms with Crippen LogP contribution in [0.4, 0.5) is 0 Å². The van der Waals surface area contributed by atoms with E-state index in [0.717, 1.165) is 0 Å². The molecule has 0 unspecified atom stereocenters. The molecular formula is C72H68O18S4. The maximum absolute atomic E-state index is 13.4. The minimum Gasteiger partial charge on any atom is -0.461 e. The number of carbonyl (C=O) groups is 6. The lowest BCUT2D eigenvalue weighted by atomic mass is 10.0. The zero-order valence-electron chi connectivity index (χ0n) is 51.8. The highest BCUT2D eigenvalue weighted by molar-refractivity contribution is 8.77. The molecule has 0 aliphatic carbocycles. The van der Waals surface area contributed by atoms with Gasteiger partial charge in [0.05, 0.1) is 99.4 Å². The Balaban J connectivity index is 1.03. The Morgan fingerprint density at radius 2 is 0.574 bits per heavy atom. The monoisotopic (exact) mass is 1350 g/mol. The Morgan fingerprint density at radius 1 is 0.330 bits per heavy atom. The van der Waals surface area contributed by atoms with Crippen molar-refractivity contribution in [1.29, 1.82) is 0 Å². The summed E-state index contributed by atoms with van der Waals surface area (Å²) in [6.07, 6.45) is 0. The Labute approximate surface area is 562 Å². The van der Waals surface area contributed by atoms with E-state index in [0.29, 0.717) is 143 Å². The molecule has 18 nitrogen and oxygen atoms in total. The normalized spacial score (nSPS) is 13.6. The molecule has 1 heterocycles. The summed E-state index contributed by atoms with van der Waals surface area (Å²) in [6.45, 7) is 3.91. The van der Waals surface area contributed by atoms with E-state index in [-0.39, 0.29) is 64.0 Å². The van der Waals surface area contributed by atoms with Crippen molar-refractivity contribution in [2.45, 2.75) is 0 Å². The number of benzene rings is 6. The average molecular weight is 1350 g/mol. The van der Waals surface area contributed by atoms with Gasteiger partial charge in [-0.1, -0.05) is 115 Å². The van der Waals surface area contributed by atoms with Gasteiger partial charge in [-0.15, -0.1) is 0 Å². The van der Waals surface area contributed by atoms with Crippen LogP contribution in [0.2, 0.25) is 0 Å². The smallest absolute Gasteiger partial charge is 0.338 e. The Hall–Kier alpha value is -8.46. The maximum Gasteiger partial charge on any atom is 0.338 e. The zero-order chi connectivity index (χ0) is 66.2. The third-order valence-electron chi connectivity index (χ3n) is 12.4. The number of hydrogen-bond donors (Lipinski definition) is 0. The molecule has 0 saturated heterocycles. The molecule has 1 aliphatic rings. The van der Waals surface area contributed by atoms with Gasteiger partial charge in [0, 0.05) is 81.7 Å². The molecule has 94 heavy (non-hydrogen) atoms. The molecule has 0 atom stereocenters. The van der Waals surface area contributed by atoms with Gasteiger partial charge in [-0.3, -0.25) is 0 Å². The lowest BCUT2D eigenvalue weighted by Gasteiger charge is -2.08. The minimum atomic E-state index is -0.618. The van der Waals surface area contributed by atoms with E-state index in [2.05, 4.69) is 47.4 Å². The fourth-order valence-electron chi connectivity index (χ4n) is 7.98. The van der Waals surface area contributed by atoms with Crippen molar-refractivity contribution in [3.05, 3.63) is 211 Å².